The second-order valence-corrected chi connectivity index (χ2v) is 7.02. The summed E-state index contributed by atoms with van der Waals surface area (Å²) in [4.78, 5) is 2.42. The molecule has 1 atom stereocenters. The van der Waals surface area contributed by atoms with Gasteiger partial charge in [0.1, 0.15) is 5.82 Å². The maximum absolute atomic E-state index is 13.8. The van der Waals surface area contributed by atoms with Gasteiger partial charge in [-0.15, -0.1) is 0 Å². The van der Waals surface area contributed by atoms with Crippen molar-refractivity contribution >= 4 is 15.9 Å². The monoisotopic (exact) mass is 356 g/mol. The molecule has 0 radical (unpaired) electrons. The molecule has 1 aliphatic heterocycles. The summed E-state index contributed by atoms with van der Waals surface area (Å²) < 4.78 is 14.3. The zero-order chi connectivity index (χ0) is 15.5. The highest BCUT2D eigenvalue weighted by Crippen LogP contribution is 2.40. The fraction of sp³-hybridized carbons (Fsp3) is 0.647. The van der Waals surface area contributed by atoms with E-state index < -0.39 is 0 Å². The molecule has 1 fully saturated rings. The summed E-state index contributed by atoms with van der Waals surface area (Å²) in [5, 5.41) is 0. The highest BCUT2D eigenvalue weighted by Gasteiger charge is 2.33. The quantitative estimate of drug-likeness (QED) is 0.841. The Hall–Kier alpha value is -0.450. The van der Waals surface area contributed by atoms with Crippen LogP contribution in [0.25, 0.3) is 0 Å². The number of hydrogen-bond acceptors (Lipinski definition) is 2. The van der Waals surface area contributed by atoms with E-state index in [-0.39, 0.29) is 11.9 Å². The van der Waals surface area contributed by atoms with Gasteiger partial charge >= 0.3 is 0 Å². The van der Waals surface area contributed by atoms with E-state index in [1.807, 2.05) is 6.07 Å². The molecule has 0 bridgehead atoms. The first-order chi connectivity index (χ1) is 10.0. The maximum Gasteiger partial charge on any atom is 0.137 e. The normalized spacial score (nSPS) is 20.4. The van der Waals surface area contributed by atoms with E-state index in [9.17, 15) is 4.39 Å². The summed E-state index contributed by atoms with van der Waals surface area (Å²) in [5.41, 5.74) is 7.47. The van der Waals surface area contributed by atoms with Crippen LogP contribution in [0.15, 0.2) is 22.7 Å². The van der Waals surface area contributed by atoms with Gasteiger partial charge in [-0.1, -0.05) is 32.8 Å². The summed E-state index contributed by atoms with van der Waals surface area (Å²) in [6.07, 6.45) is 4.93. The molecule has 0 amide bonds. The third kappa shape index (κ3) is 3.66. The van der Waals surface area contributed by atoms with Crippen molar-refractivity contribution < 1.29 is 4.39 Å². The first-order valence-electron chi connectivity index (χ1n) is 7.94. The molecule has 21 heavy (non-hydrogen) atoms. The van der Waals surface area contributed by atoms with Crippen LogP contribution in [0.5, 0.6) is 0 Å². The molecule has 0 saturated carbocycles. The first kappa shape index (κ1) is 16.9. The molecule has 0 aromatic heterocycles. The van der Waals surface area contributed by atoms with Gasteiger partial charge in [0.15, 0.2) is 0 Å². The van der Waals surface area contributed by atoms with Crippen LogP contribution in [-0.2, 0) is 0 Å². The fourth-order valence-corrected chi connectivity index (χ4v) is 3.73. The Kier molecular flexibility index (Phi) is 5.81. The molecule has 2 nitrogen and oxygen atoms in total. The van der Waals surface area contributed by atoms with Crippen LogP contribution < -0.4 is 5.73 Å². The van der Waals surface area contributed by atoms with Crippen LogP contribution in [0.4, 0.5) is 4.39 Å². The highest BCUT2D eigenvalue weighted by atomic mass is 79.9. The number of nitrogens with two attached hydrogens (primary N) is 1. The molecule has 1 unspecified atom stereocenters. The number of hydrogen-bond donors (Lipinski definition) is 1. The van der Waals surface area contributed by atoms with Gasteiger partial charge in [0.2, 0.25) is 0 Å². The molecule has 2 N–H and O–H groups in total. The van der Waals surface area contributed by atoms with Crippen molar-refractivity contribution in [3.8, 4) is 0 Å². The number of rotatable bonds is 5. The summed E-state index contributed by atoms with van der Waals surface area (Å²) in [6, 6.07) is 5.49. The van der Waals surface area contributed by atoms with E-state index in [0.717, 1.165) is 18.7 Å². The van der Waals surface area contributed by atoms with Crippen molar-refractivity contribution in [2.75, 3.05) is 19.6 Å². The van der Waals surface area contributed by atoms with Gasteiger partial charge in [-0.05, 0) is 65.0 Å². The fourth-order valence-electron chi connectivity index (χ4n) is 3.48. The summed E-state index contributed by atoms with van der Waals surface area (Å²) in [7, 11) is 0. The number of benzene rings is 1. The standard InChI is InChI=1S/C17H26BrFN2/c1-3-17(4-2)7-9-21(10-8-17)16(12-20)13-5-6-14(18)15(19)11-13/h5-6,11,16H,3-4,7-10,12,20H2,1-2H3. The second-order valence-electron chi connectivity index (χ2n) is 6.17. The molecule has 1 aliphatic rings. The van der Waals surface area contributed by atoms with Gasteiger partial charge in [0.25, 0.3) is 0 Å². The second kappa shape index (κ2) is 7.21. The van der Waals surface area contributed by atoms with Gasteiger partial charge in [-0.3, -0.25) is 4.90 Å². The lowest BCUT2D eigenvalue weighted by atomic mass is 9.74. The van der Waals surface area contributed by atoms with Crippen LogP contribution in [-0.4, -0.2) is 24.5 Å². The first-order valence-corrected chi connectivity index (χ1v) is 8.73. The van der Waals surface area contributed by atoms with Crippen LogP contribution in [0, 0.1) is 11.2 Å². The predicted octanol–water partition coefficient (Wildman–Crippen LogP) is 4.49. The molecule has 0 aliphatic carbocycles. The lowest BCUT2D eigenvalue weighted by Gasteiger charge is -2.44. The lowest BCUT2D eigenvalue weighted by Crippen LogP contribution is -2.43. The zero-order valence-electron chi connectivity index (χ0n) is 13.0. The smallest absolute Gasteiger partial charge is 0.137 e. The Labute approximate surface area is 136 Å². The maximum atomic E-state index is 13.8. The summed E-state index contributed by atoms with van der Waals surface area (Å²) >= 11 is 3.21. The number of nitrogens with zero attached hydrogens (tertiary/aromatic N) is 1. The minimum absolute atomic E-state index is 0.124. The van der Waals surface area contributed by atoms with Crippen molar-refractivity contribution in [3.05, 3.63) is 34.1 Å². The van der Waals surface area contributed by atoms with E-state index in [2.05, 4.69) is 34.7 Å². The predicted molar refractivity (Wildman–Crippen MR) is 89.7 cm³/mol. The van der Waals surface area contributed by atoms with Crippen LogP contribution in [0.2, 0.25) is 0 Å². The van der Waals surface area contributed by atoms with E-state index in [1.165, 1.54) is 25.7 Å². The van der Waals surface area contributed by atoms with Gasteiger partial charge < -0.3 is 5.73 Å². The Morgan fingerprint density at radius 1 is 1.29 bits per heavy atom. The van der Waals surface area contributed by atoms with E-state index in [4.69, 9.17) is 5.73 Å². The van der Waals surface area contributed by atoms with E-state index in [1.54, 1.807) is 12.1 Å². The Morgan fingerprint density at radius 3 is 2.38 bits per heavy atom. The Morgan fingerprint density at radius 2 is 1.90 bits per heavy atom. The average Bonchev–Trinajstić information content (AvgIpc) is 2.52. The van der Waals surface area contributed by atoms with Crippen molar-refractivity contribution in [2.45, 2.75) is 45.6 Å². The SMILES string of the molecule is CCC1(CC)CCN(C(CN)c2ccc(Br)c(F)c2)CC1. The molecule has 1 saturated heterocycles. The molecular weight excluding hydrogens is 331 g/mol. The van der Waals surface area contributed by atoms with Gasteiger partial charge in [0.05, 0.1) is 4.47 Å². The third-order valence-electron chi connectivity index (χ3n) is 5.35. The molecular formula is C17H26BrFN2. The van der Waals surface area contributed by atoms with Crippen LogP contribution in [0.1, 0.15) is 51.1 Å². The van der Waals surface area contributed by atoms with Gasteiger partial charge in [-0.2, -0.15) is 0 Å². The third-order valence-corrected chi connectivity index (χ3v) is 5.99. The largest absolute Gasteiger partial charge is 0.329 e. The van der Waals surface area contributed by atoms with Gasteiger partial charge in [-0.25, -0.2) is 4.39 Å². The molecule has 1 heterocycles. The average molecular weight is 357 g/mol. The number of likely N-dealkylation sites (tertiary alicyclic amines) is 1. The molecule has 2 rings (SSSR count). The van der Waals surface area contributed by atoms with Crippen LogP contribution >= 0.6 is 15.9 Å². The molecule has 4 heteroatoms. The minimum atomic E-state index is -0.209. The van der Waals surface area contributed by atoms with Crippen molar-refractivity contribution in [3.63, 3.8) is 0 Å². The summed E-state index contributed by atoms with van der Waals surface area (Å²) in [6.45, 7) is 7.24. The van der Waals surface area contributed by atoms with Crippen molar-refractivity contribution in [1.29, 1.82) is 0 Å². The minimum Gasteiger partial charge on any atom is -0.329 e. The number of piperidine rings is 1. The lowest BCUT2D eigenvalue weighted by molar-refractivity contribution is 0.0679. The topological polar surface area (TPSA) is 29.3 Å². The Balaban J connectivity index is 2.11. The molecule has 0 spiro atoms. The van der Waals surface area contributed by atoms with E-state index >= 15 is 0 Å². The zero-order valence-corrected chi connectivity index (χ0v) is 14.6. The Bertz CT molecular complexity index is 464. The molecule has 118 valence electrons. The summed E-state index contributed by atoms with van der Waals surface area (Å²) in [5.74, 6) is -0.209. The molecule has 1 aromatic rings. The highest BCUT2D eigenvalue weighted by molar-refractivity contribution is 9.10. The van der Waals surface area contributed by atoms with Crippen molar-refractivity contribution in [2.24, 2.45) is 11.1 Å². The van der Waals surface area contributed by atoms with E-state index in [0.29, 0.717) is 16.4 Å². The molecule has 1 aromatic carbocycles. The van der Waals surface area contributed by atoms with Crippen molar-refractivity contribution in [1.82, 2.24) is 4.90 Å². The van der Waals surface area contributed by atoms with Crippen LogP contribution in [0.3, 0.4) is 0 Å². The van der Waals surface area contributed by atoms with Gasteiger partial charge in [0, 0.05) is 12.6 Å². The number of halogens is 2.